The van der Waals surface area contributed by atoms with Crippen LogP contribution in [0.3, 0.4) is 0 Å². The van der Waals surface area contributed by atoms with Gasteiger partial charge in [-0.15, -0.1) is 0 Å². The molecule has 1 saturated heterocycles. The molecule has 0 saturated carbocycles. The lowest BCUT2D eigenvalue weighted by molar-refractivity contribution is -0.137. The Hall–Kier alpha value is -0.610. The number of hydrogen-bond donors (Lipinski definition) is 1. The fraction of sp³-hybridized carbons (Fsp3) is 0.538. The number of ether oxygens (including phenoxy) is 2. The van der Waals surface area contributed by atoms with Crippen molar-refractivity contribution in [3.63, 3.8) is 0 Å². The summed E-state index contributed by atoms with van der Waals surface area (Å²) in [7, 11) is 0. The Bertz CT molecular complexity index is 336. The Labute approximate surface area is 107 Å². The van der Waals surface area contributed by atoms with E-state index >= 15 is 0 Å². The highest BCUT2D eigenvalue weighted by molar-refractivity contribution is 6.30. The van der Waals surface area contributed by atoms with E-state index in [1.54, 1.807) is 0 Å². The highest BCUT2D eigenvalue weighted by Crippen LogP contribution is 2.16. The maximum absolute atomic E-state index is 5.86. The Balaban J connectivity index is 1.80. The summed E-state index contributed by atoms with van der Waals surface area (Å²) in [6, 6.07) is 8.23. The lowest BCUT2D eigenvalue weighted by Gasteiger charge is -2.25. The van der Waals surface area contributed by atoms with Gasteiger partial charge in [-0.05, 0) is 31.0 Å². The predicted octanol–water partition coefficient (Wildman–Crippen LogP) is 2.75. The fourth-order valence-corrected chi connectivity index (χ4v) is 1.97. The van der Waals surface area contributed by atoms with E-state index in [1.807, 2.05) is 24.3 Å². The number of hydrogen-bond acceptors (Lipinski definition) is 3. The lowest BCUT2D eigenvalue weighted by atomic mass is 10.1. The van der Waals surface area contributed by atoms with Crippen LogP contribution in [-0.2, 0) is 9.47 Å². The number of nitrogens with one attached hydrogen (secondary N) is 1. The van der Waals surface area contributed by atoms with Gasteiger partial charge in [-0.3, -0.25) is 0 Å². The molecular weight excluding hydrogens is 238 g/mol. The molecule has 1 aliphatic heterocycles. The summed E-state index contributed by atoms with van der Waals surface area (Å²) in [4.78, 5) is 0. The minimum Gasteiger partial charge on any atom is -0.355 e. The van der Waals surface area contributed by atoms with Gasteiger partial charge in [0.2, 0.25) is 0 Å². The first-order valence-electron chi connectivity index (χ1n) is 5.94. The molecule has 0 amide bonds. The standard InChI is InChI=1S/C13H18ClNO2/c1-10(11-2-4-12(14)5-3-11)15-8-13-6-7-16-9-17-13/h2-5,10,13,15H,6-9H2,1H3. The first-order valence-corrected chi connectivity index (χ1v) is 6.31. The smallest absolute Gasteiger partial charge is 0.147 e. The molecule has 94 valence electrons. The van der Waals surface area contributed by atoms with E-state index in [1.165, 1.54) is 5.56 Å². The third kappa shape index (κ3) is 3.96. The molecule has 0 radical (unpaired) electrons. The van der Waals surface area contributed by atoms with Gasteiger partial charge in [-0.2, -0.15) is 0 Å². The van der Waals surface area contributed by atoms with Crippen LogP contribution >= 0.6 is 11.6 Å². The van der Waals surface area contributed by atoms with E-state index in [0.29, 0.717) is 12.8 Å². The van der Waals surface area contributed by atoms with Crippen LogP contribution in [0.25, 0.3) is 0 Å². The largest absolute Gasteiger partial charge is 0.355 e. The first kappa shape index (κ1) is 12.8. The fourth-order valence-electron chi connectivity index (χ4n) is 1.84. The van der Waals surface area contributed by atoms with Gasteiger partial charge < -0.3 is 14.8 Å². The summed E-state index contributed by atoms with van der Waals surface area (Å²) < 4.78 is 10.6. The van der Waals surface area contributed by atoms with Gasteiger partial charge in [0.15, 0.2) is 0 Å². The van der Waals surface area contributed by atoms with Crippen LogP contribution in [0, 0.1) is 0 Å². The zero-order chi connectivity index (χ0) is 12.1. The molecule has 0 aliphatic carbocycles. The molecule has 2 atom stereocenters. The predicted molar refractivity (Wildman–Crippen MR) is 68.2 cm³/mol. The molecule has 0 aromatic heterocycles. The van der Waals surface area contributed by atoms with Crippen LogP contribution < -0.4 is 5.32 Å². The van der Waals surface area contributed by atoms with Crippen molar-refractivity contribution >= 4 is 11.6 Å². The molecule has 3 nitrogen and oxygen atoms in total. The normalized spacial score (nSPS) is 22.4. The second-order valence-electron chi connectivity index (χ2n) is 4.28. The molecule has 1 aliphatic rings. The molecule has 0 bridgehead atoms. The second kappa shape index (κ2) is 6.36. The van der Waals surface area contributed by atoms with Crippen molar-refractivity contribution in [1.82, 2.24) is 5.32 Å². The highest BCUT2D eigenvalue weighted by Gasteiger charge is 2.15. The summed E-state index contributed by atoms with van der Waals surface area (Å²) in [5.41, 5.74) is 1.24. The van der Waals surface area contributed by atoms with Crippen molar-refractivity contribution in [2.45, 2.75) is 25.5 Å². The average Bonchev–Trinajstić information content (AvgIpc) is 2.38. The second-order valence-corrected chi connectivity index (χ2v) is 4.72. The van der Waals surface area contributed by atoms with Gasteiger partial charge in [0.25, 0.3) is 0 Å². The first-order chi connectivity index (χ1) is 8.25. The molecule has 1 aromatic carbocycles. The summed E-state index contributed by atoms with van der Waals surface area (Å²) in [5, 5.41) is 4.24. The topological polar surface area (TPSA) is 30.5 Å². The molecule has 1 N–H and O–H groups in total. The maximum Gasteiger partial charge on any atom is 0.147 e. The Morgan fingerprint density at radius 3 is 2.82 bits per heavy atom. The van der Waals surface area contributed by atoms with E-state index in [2.05, 4.69) is 12.2 Å². The van der Waals surface area contributed by atoms with Gasteiger partial charge >= 0.3 is 0 Å². The van der Waals surface area contributed by atoms with Crippen LogP contribution in [0.4, 0.5) is 0 Å². The monoisotopic (exact) mass is 255 g/mol. The molecule has 2 unspecified atom stereocenters. The molecule has 0 spiro atoms. The maximum atomic E-state index is 5.86. The highest BCUT2D eigenvalue weighted by atomic mass is 35.5. The molecule has 1 fully saturated rings. The molecule has 1 heterocycles. The van der Waals surface area contributed by atoms with Crippen LogP contribution in [0.1, 0.15) is 24.9 Å². The summed E-state index contributed by atoms with van der Waals surface area (Å²) in [6.07, 6.45) is 1.22. The van der Waals surface area contributed by atoms with Gasteiger partial charge in [-0.25, -0.2) is 0 Å². The van der Waals surface area contributed by atoms with Crippen molar-refractivity contribution in [2.75, 3.05) is 19.9 Å². The third-order valence-corrected chi connectivity index (χ3v) is 3.24. The van der Waals surface area contributed by atoms with Crippen molar-refractivity contribution in [3.8, 4) is 0 Å². The van der Waals surface area contributed by atoms with Crippen molar-refractivity contribution in [2.24, 2.45) is 0 Å². The molecule has 4 heteroatoms. The molecule has 2 rings (SSSR count). The summed E-state index contributed by atoms with van der Waals surface area (Å²) >= 11 is 5.86. The number of rotatable bonds is 4. The van der Waals surface area contributed by atoms with E-state index < -0.39 is 0 Å². The Morgan fingerprint density at radius 2 is 2.18 bits per heavy atom. The van der Waals surface area contributed by atoms with E-state index in [9.17, 15) is 0 Å². The van der Waals surface area contributed by atoms with Crippen LogP contribution in [0.5, 0.6) is 0 Å². The van der Waals surface area contributed by atoms with Crippen molar-refractivity contribution in [3.05, 3.63) is 34.9 Å². The van der Waals surface area contributed by atoms with E-state index in [4.69, 9.17) is 21.1 Å². The van der Waals surface area contributed by atoms with Gasteiger partial charge in [-0.1, -0.05) is 23.7 Å². The van der Waals surface area contributed by atoms with Crippen molar-refractivity contribution < 1.29 is 9.47 Å². The lowest BCUT2D eigenvalue weighted by Crippen LogP contribution is -2.35. The van der Waals surface area contributed by atoms with Gasteiger partial charge in [0.05, 0.1) is 12.7 Å². The number of halogens is 1. The minimum absolute atomic E-state index is 0.263. The summed E-state index contributed by atoms with van der Waals surface area (Å²) in [5.74, 6) is 0. The van der Waals surface area contributed by atoms with Crippen molar-refractivity contribution in [1.29, 1.82) is 0 Å². The van der Waals surface area contributed by atoms with Crippen LogP contribution in [-0.4, -0.2) is 26.0 Å². The van der Waals surface area contributed by atoms with E-state index in [-0.39, 0.29) is 6.10 Å². The molecular formula is C13H18ClNO2. The SMILES string of the molecule is CC(NCC1CCOCO1)c1ccc(Cl)cc1. The zero-order valence-corrected chi connectivity index (χ0v) is 10.7. The summed E-state index contributed by atoms with van der Waals surface area (Å²) in [6.45, 7) is 4.21. The van der Waals surface area contributed by atoms with Gasteiger partial charge in [0.1, 0.15) is 6.79 Å². The van der Waals surface area contributed by atoms with E-state index in [0.717, 1.165) is 24.6 Å². The Kier molecular flexibility index (Phi) is 4.80. The quantitative estimate of drug-likeness (QED) is 0.898. The Morgan fingerprint density at radius 1 is 1.41 bits per heavy atom. The number of benzene rings is 1. The minimum atomic E-state index is 0.263. The molecule has 1 aromatic rings. The average molecular weight is 256 g/mol. The molecule has 17 heavy (non-hydrogen) atoms. The zero-order valence-electron chi connectivity index (χ0n) is 9.99. The van der Waals surface area contributed by atoms with Gasteiger partial charge in [0, 0.05) is 17.6 Å². The van der Waals surface area contributed by atoms with Crippen LogP contribution in [0.2, 0.25) is 5.02 Å². The third-order valence-electron chi connectivity index (χ3n) is 2.99. The van der Waals surface area contributed by atoms with Crippen LogP contribution in [0.15, 0.2) is 24.3 Å².